The largest absolute Gasteiger partial charge is 0.467 e. The van der Waals surface area contributed by atoms with Crippen molar-refractivity contribution in [1.82, 2.24) is 5.32 Å². The second kappa shape index (κ2) is 7.16. The first-order valence-corrected chi connectivity index (χ1v) is 6.21. The molecule has 0 aliphatic rings. The topological polar surface area (TPSA) is 55.4 Å². The van der Waals surface area contributed by atoms with Crippen molar-refractivity contribution in [2.24, 2.45) is 0 Å². The standard InChI is InChI=1S/C13H13Cl2NO3/c1-8(13(18)19-2)16-12(17)6-4-9-3-5-10(14)7-11(9)15/h3-8H,1-2H3,(H,16,17)/b6-4+/t8-/m0/s1. The molecule has 1 N–H and O–H groups in total. The molecule has 0 heterocycles. The van der Waals surface area contributed by atoms with E-state index in [1.54, 1.807) is 18.2 Å². The third-order valence-electron chi connectivity index (χ3n) is 2.29. The molecule has 0 spiro atoms. The molecule has 0 aliphatic heterocycles. The van der Waals surface area contributed by atoms with Crippen molar-refractivity contribution in [3.8, 4) is 0 Å². The molecule has 0 aromatic heterocycles. The lowest BCUT2D eigenvalue weighted by molar-refractivity contribution is -0.144. The van der Waals surface area contributed by atoms with Gasteiger partial charge in [0.2, 0.25) is 5.91 Å². The minimum Gasteiger partial charge on any atom is -0.467 e. The second-order valence-corrected chi connectivity index (χ2v) is 4.60. The monoisotopic (exact) mass is 301 g/mol. The van der Waals surface area contributed by atoms with Gasteiger partial charge in [-0.2, -0.15) is 0 Å². The number of hydrogen-bond donors (Lipinski definition) is 1. The van der Waals surface area contributed by atoms with Gasteiger partial charge in [0, 0.05) is 16.1 Å². The van der Waals surface area contributed by atoms with Gasteiger partial charge in [0.25, 0.3) is 0 Å². The van der Waals surface area contributed by atoms with Crippen LogP contribution in [0.5, 0.6) is 0 Å². The van der Waals surface area contributed by atoms with Crippen LogP contribution in [0.15, 0.2) is 24.3 Å². The molecule has 1 amide bonds. The molecule has 6 heteroatoms. The van der Waals surface area contributed by atoms with Crippen LogP contribution >= 0.6 is 23.2 Å². The van der Waals surface area contributed by atoms with Crippen LogP contribution in [-0.2, 0) is 14.3 Å². The van der Waals surface area contributed by atoms with Gasteiger partial charge in [-0.25, -0.2) is 4.79 Å². The molecule has 1 aromatic carbocycles. The van der Waals surface area contributed by atoms with Gasteiger partial charge in [0.1, 0.15) is 6.04 Å². The molecular weight excluding hydrogens is 289 g/mol. The SMILES string of the molecule is COC(=O)[C@H](C)NC(=O)/C=C/c1ccc(Cl)cc1Cl. The van der Waals surface area contributed by atoms with E-state index in [0.29, 0.717) is 15.6 Å². The lowest BCUT2D eigenvalue weighted by Gasteiger charge is -2.09. The van der Waals surface area contributed by atoms with E-state index in [1.165, 1.54) is 26.2 Å². The van der Waals surface area contributed by atoms with Crippen LogP contribution in [-0.4, -0.2) is 25.0 Å². The van der Waals surface area contributed by atoms with Crippen molar-refractivity contribution in [3.63, 3.8) is 0 Å². The summed E-state index contributed by atoms with van der Waals surface area (Å²) in [5.41, 5.74) is 0.659. The summed E-state index contributed by atoms with van der Waals surface area (Å²) in [7, 11) is 1.26. The molecule has 1 rings (SSSR count). The summed E-state index contributed by atoms with van der Waals surface area (Å²) in [6, 6.07) is 4.24. The van der Waals surface area contributed by atoms with Gasteiger partial charge < -0.3 is 10.1 Å². The predicted octanol–water partition coefficient (Wildman–Crippen LogP) is 2.68. The fourth-order valence-electron chi connectivity index (χ4n) is 1.30. The van der Waals surface area contributed by atoms with E-state index in [2.05, 4.69) is 10.1 Å². The maximum atomic E-state index is 11.6. The number of rotatable bonds is 4. The van der Waals surface area contributed by atoms with Crippen LogP contribution < -0.4 is 5.32 Å². The lowest BCUT2D eigenvalue weighted by Crippen LogP contribution is -2.38. The maximum Gasteiger partial charge on any atom is 0.328 e. The zero-order chi connectivity index (χ0) is 14.4. The predicted molar refractivity (Wildman–Crippen MR) is 75.1 cm³/mol. The summed E-state index contributed by atoms with van der Waals surface area (Å²) in [6.45, 7) is 1.53. The highest BCUT2D eigenvalue weighted by Gasteiger charge is 2.13. The minimum absolute atomic E-state index is 0.413. The average Bonchev–Trinajstić information content (AvgIpc) is 2.36. The summed E-state index contributed by atoms with van der Waals surface area (Å²) < 4.78 is 4.49. The highest BCUT2D eigenvalue weighted by atomic mass is 35.5. The van der Waals surface area contributed by atoms with Gasteiger partial charge in [-0.05, 0) is 30.7 Å². The number of ether oxygens (including phenoxy) is 1. The van der Waals surface area contributed by atoms with Gasteiger partial charge in [-0.15, -0.1) is 0 Å². The summed E-state index contributed by atoms with van der Waals surface area (Å²) in [4.78, 5) is 22.7. The Labute approximate surface area is 121 Å². The van der Waals surface area contributed by atoms with Gasteiger partial charge in [-0.3, -0.25) is 4.79 Å². The van der Waals surface area contributed by atoms with Gasteiger partial charge in [-0.1, -0.05) is 29.3 Å². The quantitative estimate of drug-likeness (QED) is 0.687. The Hall–Kier alpha value is -1.52. The van der Waals surface area contributed by atoms with E-state index in [1.807, 2.05) is 0 Å². The summed E-state index contributed by atoms with van der Waals surface area (Å²) in [5.74, 6) is -0.921. The van der Waals surface area contributed by atoms with Crippen LogP contribution in [0, 0.1) is 0 Å². The van der Waals surface area contributed by atoms with Crippen molar-refractivity contribution in [1.29, 1.82) is 0 Å². The van der Waals surface area contributed by atoms with Crippen LogP contribution in [0.4, 0.5) is 0 Å². The smallest absolute Gasteiger partial charge is 0.328 e. The lowest BCUT2D eigenvalue weighted by atomic mass is 10.2. The second-order valence-electron chi connectivity index (χ2n) is 3.75. The molecule has 1 atom stereocenters. The number of hydrogen-bond acceptors (Lipinski definition) is 3. The van der Waals surface area contributed by atoms with E-state index in [0.717, 1.165) is 0 Å². The first-order valence-electron chi connectivity index (χ1n) is 5.45. The number of esters is 1. The molecule has 102 valence electrons. The number of methoxy groups -OCH3 is 1. The molecule has 1 aromatic rings. The first kappa shape index (κ1) is 15.5. The molecule has 0 fully saturated rings. The number of nitrogens with one attached hydrogen (secondary N) is 1. The Morgan fingerprint density at radius 1 is 1.37 bits per heavy atom. The number of carbonyl (C=O) groups excluding carboxylic acids is 2. The summed E-state index contributed by atoms with van der Waals surface area (Å²) >= 11 is 11.7. The molecule has 0 aliphatic carbocycles. The zero-order valence-corrected chi connectivity index (χ0v) is 12.0. The maximum absolute atomic E-state index is 11.6. The molecule has 0 bridgehead atoms. The molecule has 4 nitrogen and oxygen atoms in total. The van der Waals surface area contributed by atoms with Crippen molar-refractivity contribution in [3.05, 3.63) is 39.9 Å². The van der Waals surface area contributed by atoms with Crippen LogP contribution in [0.1, 0.15) is 12.5 Å². The van der Waals surface area contributed by atoms with Gasteiger partial charge in [0.15, 0.2) is 0 Å². The van der Waals surface area contributed by atoms with Crippen molar-refractivity contribution < 1.29 is 14.3 Å². The Morgan fingerprint density at radius 3 is 2.63 bits per heavy atom. The zero-order valence-electron chi connectivity index (χ0n) is 10.4. The molecular formula is C13H13Cl2NO3. The van der Waals surface area contributed by atoms with Gasteiger partial charge >= 0.3 is 5.97 Å². The van der Waals surface area contributed by atoms with Crippen molar-refractivity contribution in [2.75, 3.05) is 7.11 Å². The van der Waals surface area contributed by atoms with Crippen LogP contribution in [0.2, 0.25) is 10.0 Å². The Morgan fingerprint density at radius 2 is 2.05 bits per heavy atom. The fourth-order valence-corrected chi connectivity index (χ4v) is 1.77. The van der Waals surface area contributed by atoms with E-state index in [9.17, 15) is 9.59 Å². The minimum atomic E-state index is -0.706. The fraction of sp³-hybridized carbons (Fsp3) is 0.231. The van der Waals surface area contributed by atoms with Gasteiger partial charge in [0.05, 0.1) is 7.11 Å². The number of amides is 1. The number of carbonyl (C=O) groups is 2. The third kappa shape index (κ3) is 4.93. The van der Waals surface area contributed by atoms with E-state index in [-0.39, 0.29) is 0 Å². The van der Waals surface area contributed by atoms with Crippen LogP contribution in [0.3, 0.4) is 0 Å². The number of halogens is 2. The summed E-state index contributed by atoms with van der Waals surface area (Å²) in [5, 5.41) is 3.42. The Kier molecular flexibility index (Phi) is 5.86. The van der Waals surface area contributed by atoms with Crippen molar-refractivity contribution in [2.45, 2.75) is 13.0 Å². The Bertz CT molecular complexity index is 515. The molecule has 19 heavy (non-hydrogen) atoms. The molecule has 0 radical (unpaired) electrons. The third-order valence-corrected chi connectivity index (χ3v) is 2.85. The number of benzene rings is 1. The van der Waals surface area contributed by atoms with E-state index < -0.39 is 17.9 Å². The van der Waals surface area contributed by atoms with E-state index in [4.69, 9.17) is 23.2 Å². The average molecular weight is 302 g/mol. The Balaban J connectivity index is 2.66. The first-order chi connectivity index (χ1) is 8.93. The highest BCUT2D eigenvalue weighted by molar-refractivity contribution is 6.35. The normalized spacial score (nSPS) is 12.2. The van der Waals surface area contributed by atoms with E-state index >= 15 is 0 Å². The summed E-state index contributed by atoms with van der Waals surface area (Å²) in [6.07, 6.45) is 2.83. The molecule has 0 saturated carbocycles. The molecule has 0 unspecified atom stereocenters. The highest BCUT2D eigenvalue weighted by Crippen LogP contribution is 2.21. The van der Waals surface area contributed by atoms with Crippen LogP contribution in [0.25, 0.3) is 6.08 Å². The molecule has 0 saturated heterocycles. The van der Waals surface area contributed by atoms with Crippen molar-refractivity contribution >= 4 is 41.2 Å².